The van der Waals surface area contributed by atoms with E-state index in [4.69, 9.17) is 0 Å². The summed E-state index contributed by atoms with van der Waals surface area (Å²) in [5.74, 6) is 0. The molecule has 6 nitrogen and oxygen atoms in total. The lowest BCUT2D eigenvalue weighted by atomic mass is 10.1. The van der Waals surface area contributed by atoms with Gasteiger partial charge in [0.25, 0.3) is 0 Å². The van der Waals surface area contributed by atoms with E-state index in [0.29, 0.717) is 0 Å². The van der Waals surface area contributed by atoms with Gasteiger partial charge in [0.1, 0.15) is 0 Å². The minimum absolute atomic E-state index is 0.193. The van der Waals surface area contributed by atoms with Crippen LogP contribution in [0.15, 0.2) is 18.5 Å². The Morgan fingerprint density at radius 2 is 2.18 bits per heavy atom. The van der Waals surface area contributed by atoms with E-state index in [1.54, 1.807) is 4.68 Å². The summed E-state index contributed by atoms with van der Waals surface area (Å²) in [7, 11) is 3.80. The molecular weight excluding hydrogens is 216 g/mol. The molecule has 2 heterocycles. The first-order valence-corrected chi connectivity index (χ1v) is 5.77. The average molecular weight is 234 g/mol. The Morgan fingerprint density at radius 1 is 1.35 bits per heavy atom. The van der Waals surface area contributed by atoms with Crippen molar-refractivity contribution in [3.63, 3.8) is 0 Å². The third-order valence-electron chi connectivity index (χ3n) is 2.61. The third kappa shape index (κ3) is 2.91. The van der Waals surface area contributed by atoms with Crippen molar-refractivity contribution in [3.8, 4) is 0 Å². The van der Waals surface area contributed by atoms with Gasteiger partial charge < -0.3 is 5.32 Å². The second-order valence-corrected chi connectivity index (χ2v) is 4.11. The number of likely N-dealkylation sites (N-methyl/N-ethyl adjacent to an activating group) is 1. The third-order valence-corrected chi connectivity index (χ3v) is 2.61. The van der Waals surface area contributed by atoms with Crippen LogP contribution in [-0.2, 0) is 20.5 Å². The number of nitrogens with zero attached hydrogens (tertiary/aromatic N) is 5. The van der Waals surface area contributed by atoms with E-state index in [1.807, 2.05) is 37.2 Å². The largest absolute Gasteiger partial charge is 0.309 e. The summed E-state index contributed by atoms with van der Waals surface area (Å²) < 4.78 is 3.53. The SMILES string of the molecule is CCNC(Cc1cn(C)nn1)c1ccn(C)n1. The Balaban J connectivity index is 2.12. The van der Waals surface area contributed by atoms with Crippen molar-refractivity contribution in [1.29, 1.82) is 0 Å². The van der Waals surface area contributed by atoms with Gasteiger partial charge in [-0.3, -0.25) is 9.36 Å². The first kappa shape index (κ1) is 11.8. The molecule has 0 radical (unpaired) electrons. The van der Waals surface area contributed by atoms with Crippen LogP contribution in [-0.4, -0.2) is 31.3 Å². The van der Waals surface area contributed by atoms with Crippen LogP contribution < -0.4 is 5.32 Å². The summed E-state index contributed by atoms with van der Waals surface area (Å²) in [6.07, 6.45) is 4.70. The molecule has 2 aromatic heterocycles. The van der Waals surface area contributed by atoms with Crippen molar-refractivity contribution in [2.45, 2.75) is 19.4 Å². The smallest absolute Gasteiger partial charge is 0.0846 e. The van der Waals surface area contributed by atoms with E-state index in [2.05, 4.69) is 27.7 Å². The van der Waals surface area contributed by atoms with Gasteiger partial charge in [-0.25, -0.2) is 0 Å². The predicted octanol–water partition coefficient (Wildman–Crippen LogP) is 0.442. The summed E-state index contributed by atoms with van der Waals surface area (Å²) in [6.45, 7) is 2.99. The summed E-state index contributed by atoms with van der Waals surface area (Å²) in [6, 6.07) is 2.22. The molecule has 0 bridgehead atoms. The Morgan fingerprint density at radius 3 is 2.71 bits per heavy atom. The highest BCUT2D eigenvalue weighted by Gasteiger charge is 2.15. The summed E-state index contributed by atoms with van der Waals surface area (Å²) in [4.78, 5) is 0. The number of hydrogen-bond donors (Lipinski definition) is 1. The Labute approximate surface area is 101 Å². The minimum atomic E-state index is 0.193. The minimum Gasteiger partial charge on any atom is -0.309 e. The van der Waals surface area contributed by atoms with Crippen LogP contribution in [0.3, 0.4) is 0 Å². The van der Waals surface area contributed by atoms with Crippen molar-refractivity contribution in [2.75, 3.05) is 6.54 Å². The predicted molar refractivity (Wildman–Crippen MR) is 64.3 cm³/mol. The van der Waals surface area contributed by atoms with Crippen molar-refractivity contribution in [1.82, 2.24) is 30.1 Å². The normalized spacial score (nSPS) is 12.9. The van der Waals surface area contributed by atoms with Gasteiger partial charge in [0.2, 0.25) is 0 Å². The molecule has 1 atom stereocenters. The van der Waals surface area contributed by atoms with Crippen molar-refractivity contribution < 1.29 is 0 Å². The standard InChI is InChI=1S/C11H18N6/c1-4-12-11(10-5-6-16(2)14-10)7-9-8-17(3)15-13-9/h5-6,8,11-12H,4,7H2,1-3H3. The van der Waals surface area contributed by atoms with E-state index < -0.39 is 0 Å². The molecule has 1 N–H and O–H groups in total. The highest BCUT2D eigenvalue weighted by molar-refractivity contribution is 5.09. The van der Waals surface area contributed by atoms with Gasteiger partial charge >= 0.3 is 0 Å². The number of aromatic nitrogens is 5. The molecule has 0 aliphatic rings. The number of nitrogens with one attached hydrogen (secondary N) is 1. The summed E-state index contributed by atoms with van der Waals surface area (Å²) >= 11 is 0. The number of aryl methyl sites for hydroxylation is 2. The molecule has 0 aromatic carbocycles. The zero-order valence-electron chi connectivity index (χ0n) is 10.5. The lowest BCUT2D eigenvalue weighted by Crippen LogP contribution is -2.23. The first-order chi connectivity index (χ1) is 8.19. The van der Waals surface area contributed by atoms with Crippen molar-refractivity contribution >= 4 is 0 Å². The maximum Gasteiger partial charge on any atom is 0.0846 e. The maximum atomic E-state index is 4.43. The van der Waals surface area contributed by atoms with Crippen LogP contribution in [0.2, 0.25) is 0 Å². The highest BCUT2D eigenvalue weighted by Crippen LogP contribution is 2.14. The Kier molecular flexibility index (Phi) is 3.53. The molecule has 0 aliphatic heterocycles. The molecule has 6 heteroatoms. The molecule has 0 aliphatic carbocycles. The fourth-order valence-corrected chi connectivity index (χ4v) is 1.84. The van der Waals surface area contributed by atoms with Gasteiger partial charge in [0.05, 0.1) is 17.4 Å². The van der Waals surface area contributed by atoms with Gasteiger partial charge in [0.15, 0.2) is 0 Å². The maximum absolute atomic E-state index is 4.43. The number of hydrogen-bond acceptors (Lipinski definition) is 4. The van der Waals surface area contributed by atoms with Crippen molar-refractivity contribution in [2.24, 2.45) is 14.1 Å². The topological polar surface area (TPSA) is 60.6 Å². The lowest BCUT2D eigenvalue weighted by Gasteiger charge is -2.13. The van der Waals surface area contributed by atoms with Crippen LogP contribution in [0, 0.1) is 0 Å². The molecule has 17 heavy (non-hydrogen) atoms. The zero-order valence-corrected chi connectivity index (χ0v) is 10.5. The summed E-state index contributed by atoms with van der Waals surface area (Å²) in [5, 5.41) is 15.9. The first-order valence-electron chi connectivity index (χ1n) is 5.77. The fourth-order valence-electron chi connectivity index (χ4n) is 1.84. The van der Waals surface area contributed by atoms with Crippen LogP contribution in [0.5, 0.6) is 0 Å². The van der Waals surface area contributed by atoms with Gasteiger partial charge in [-0.1, -0.05) is 12.1 Å². The molecule has 1 unspecified atom stereocenters. The number of rotatable bonds is 5. The quantitative estimate of drug-likeness (QED) is 0.815. The van der Waals surface area contributed by atoms with E-state index in [-0.39, 0.29) is 6.04 Å². The average Bonchev–Trinajstić information content (AvgIpc) is 2.87. The van der Waals surface area contributed by atoms with Gasteiger partial charge in [-0.05, 0) is 12.6 Å². The molecule has 0 spiro atoms. The van der Waals surface area contributed by atoms with Crippen molar-refractivity contribution in [3.05, 3.63) is 29.8 Å². The molecule has 92 valence electrons. The monoisotopic (exact) mass is 234 g/mol. The van der Waals surface area contributed by atoms with E-state index >= 15 is 0 Å². The molecule has 0 fully saturated rings. The Bertz CT molecular complexity index is 472. The van der Waals surface area contributed by atoms with E-state index in [1.165, 1.54) is 0 Å². The molecular formula is C11H18N6. The molecule has 0 amide bonds. The van der Waals surface area contributed by atoms with Crippen LogP contribution >= 0.6 is 0 Å². The fraction of sp³-hybridized carbons (Fsp3) is 0.545. The van der Waals surface area contributed by atoms with Gasteiger partial charge in [-0.15, -0.1) is 5.10 Å². The summed E-state index contributed by atoms with van der Waals surface area (Å²) in [5.41, 5.74) is 2.02. The van der Waals surface area contributed by atoms with Crippen LogP contribution in [0.1, 0.15) is 24.4 Å². The lowest BCUT2D eigenvalue weighted by molar-refractivity contribution is 0.522. The zero-order chi connectivity index (χ0) is 12.3. The van der Waals surface area contributed by atoms with Crippen LogP contribution in [0.25, 0.3) is 0 Å². The van der Waals surface area contributed by atoms with Gasteiger partial charge in [0, 0.05) is 32.9 Å². The molecule has 2 rings (SSSR count). The second-order valence-electron chi connectivity index (χ2n) is 4.11. The molecule has 2 aromatic rings. The second kappa shape index (κ2) is 5.09. The van der Waals surface area contributed by atoms with E-state index in [9.17, 15) is 0 Å². The van der Waals surface area contributed by atoms with Gasteiger partial charge in [-0.2, -0.15) is 5.10 Å². The van der Waals surface area contributed by atoms with E-state index in [0.717, 1.165) is 24.4 Å². The Hall–Kier alpha value is -1.69. The molecule has 0 saturated heterocycles. The highest BCUT2D eigenvalue weighted by atomic mass is 15.4. The molecule has 0 saturated carbocycles. The van der Waals surface area contributed by atoms with Crippen LogP contribution in [0.4, 0.5) is 0 Å².